The molecule has 0 atom stereocenters. The fourth-order valence-electron chi connectivity index (χ4n) is 2.75. The van der Waals surface area contributed by atoms with Crippen molar-refractivity contribution < 1.29 is 14.4 Å². The number of nitrogens with one attached hydrogen (secondary N) is 1. The molecule has 1 N–H and O–H groups in total. The first kappa shape index (κ1) is 15.6. The molecule has 1 aromatic heterocycles. The molecule has 2 heterocycles. The Morgan fingerprint density at radius 1 is 1.17 bits per heavy atom. The van der Waals surface area contributed by atoms with E-state index in [9.17, 15) is 14.4 Å². The van der Waals surface area contributed by atoms with Gasteiger partial charge in [-0.05, 0) is 25.0 Å². The van der Waals surface area contributed by atoms with Gasteiger partial charge in [0.25, 0.3) is 11.7 Å². The minimum atomic E-state index is -0.775. The zero-order chi connectivity index (χ0) is 16.2. The van der Waals surface area contributed by atoms with Crippen molar-refractivity contribution >= 4 is 17.6 Å². The molecule has 3 rings (SSSR count). The highest BCUT2D eigenvalue weighted by molar-refractivity contribution is 6.42. The molecule has 1 aliphatic heterocycles. The summed E-state index contributed by atoms with van der Waals surface area (Å²) in [5.41, 5.74) is 0.218. The molecule has 23 heavy (non-hydrogen) atoms. The molecule has 0 bridgehead atoms. The van der Waals surface area contributed by atoms with E-state index in [2.05, 4.69) is 15.2 Å². The summed E-state index contributed by atoms with van der Waals surface area (Å²) < 4.78 is 0. The van der Waals surface area contributed by atoms with Crippen LogP contribution in [0.25, 0.3) is 0 Å². The Morgan fingerprint density at radius 2 is 1.91 bits per heavy atom. The van der Waals surface area contributed by atoms with Gasteiger partial charge in [0.1, 0.15) is 0 Å². The van der Waals surface area contributed by atoms with Crippen molar-refractivity contribution in [2.24, 2.45) is 0 Å². The highest BCUT2D eigenvalue weighted by atomic mass is 16.2. The van der Waals surface area contributed by atoms with Crippen LogP contribution >= 0.6 is 0 Å². The number of nitrogens with zero attached hydrogens (tertiary/aromatic N) is 3. The second-order valence-electron chi connectivity index (χ2n) is 5.90. The molecular weight excluding hydrogens is 296 g/mol. The molecule has 2 fully saturated rings. The molecule has 1 saturated carbocycles. The largest absolute Gasteiger partial charge is 0.340 e. The predicted molar refractivity (Wildman–Crippen MR) is 82.8 cm³/mol. The van der Waals surface area contributed by atoms with Gasteiger partial charge in [-0.2, -0.15) is 0 Å². The van der Waals surface area contributed by atoms with Crippen LogP contribution in [0.2, 0.25) is 0 Å². The van der Waals surface area contributed by atoms with Crippen LogP contribution in [0.15, 0.2) is 24.5 Å². The number of Topliss-reactive ketones (excluding diaryl/α,β-unsaturated/α-hetero) is 1. The van der Waals surface area contributed by atoms with Crippen LogP contribution in [-0.2, 0) is 9.59 Å². The van der Waals surface area contributed by atoms with E-state index in [1.54, 1.807) is 11.0 Å². The lowest BCUT2D eigenvalue weighted by molar-refractivity contribution is -0.133. The third kappa shape index (κ3) is 3.92. The Bertz CT molecular complexity index is 593. The average Bonchev–Trinajstić information content (AvgIpc) is 3.44. The topological polar surface area (TPSA) is 82.6 Å². The smallest absolute Gasteiger partial charge is 0.292 e. The number of pyridine rings is 1. The molecule has 7 heteroatoms. The maximum atomic E-state index is 12.1. The monoisotopic (exact) mass is 316 g/mol. The van der Waals surface area contributed by atoms with E-state index < -0.39 is 11.7 Å². The van der Waals surface area contributed by atoms with Gasteiger partial charge >= 0.3 is 0 Å². The summed E-state index contributed by atoms with van der Waals surface area (Å²) in [4.78, 5) is 43.8. The summed E-state index contributed by atoms with van der Waals surface area (Å²) in [6.45, 7) is 3.00. The zero-order valence-corrected chi connectivity index (χ0v) is 12.9. The van der Waals surface area contributed by atoms with E-state index in [0.717, 1.165) is 13.1 Å². The molecule has 2 aliphatic rings. The molecular formula is C16H20N4O3. The number of rotatable bonds is 5. The van der Waals surface area contributed by atoms with Crippen molar-refractivity contribution in [3.8, 4) is 0 Å². The lowest BCUT2D eigenvalue weighted by atomic mass is 10.2. The summed E-state index contributed by atoms with van der Waals surface area (Å²) in [5.74, 6) is -1.60. The predicted octanol–water partition coefficient (Wildman–Crippen LogP) is -0.313. The number of hydrogen-bond acceptors (Lipinski definition) is 5. The molecule has 122 valence electrons. The van der Waals surface area contributed by atoms with E-state index >= 15 is 0 Å². The van der Waals surface area contributed by atoms with Gasteiger partial charge < -0.3 is 10.2 Å². The van der Waals surface area contributed by atoms with E-state index in [1.165, 1.54) is 31.3 Å². The Hall–Kier alpha value is -2.28. The van der Waals surface area contributed by atoms with Crippen molar-refractivity contribution in [1.29, 1.82) is 0 Å². The number of ketones is 1. The van der Waals surface area contributed by atoms with Gasteiger partial charge in [0, 0.05) is 50.2 Å². The van der Waals surface area contributed by atoms with Gasteiger partial charge in [-0.3, -0.25) is 24.3 Å². The van der Waals surface area contributed by atoms with E-state index in [-0.39, 0.29) is 18.0 Å². The first-order valence-electron chi connectivity index (χ1n) is 7.89. The highest BCUT2D eigenvalue weighted by Gasteiger charge is 2.32. The Balaban J connectivity index is 1.43. The Morgan fingerprint density at radius 3 is 2.52 bits per heavy atom. The molecule has 1 aliphatic carbocycles. The third-order valence-corrected chi connectivity index (χ3v) is 4.26. The van der Waals surface area contributed by atoms with Crippen LogP contribution in [0.5, 0.6) is 0 Å². The number of hydrogen-bond donors (Lipinski definition) is 1. The fraction of sp³-hybridized carbons (Fsp3) is 0.500. The maximum absolute atomic E-state index is 12.1. The number of amides is 2. The minimum absolute atomic E-state index is 0.145. The van der Waals surface area contributed by atoms with Gasteiger partial charge in [-0.25, -0.2) is 0 Å². The molecule has 0 spiro atoms. The maximum Gasteiger partial charge on any atom is 0.292 e. The first-order chi connectivity index (χ1) is 11.1. The van der Waals surface area contributed by atoms with E-state index in [1.807, 2.05) is 0 Å². The van der Waals surface area contributed by atoms with Crippen molar-refractivity contribution in [2.75, 3.05) is 32.7 Å². The summed E-state index contributed by atoms with van der Waals surface area (Å²) >= 11 is 0. The summed E-state index contributed by atoms with van der Waals surface area (Å²) in [6, 6.07) is 3.82. The van der Waals surface area contributed by atoms with Crippen molar-refractivity contribution in [3.05, 3.63) is 30.1 Å². The Kier molecular flexibility index (Phi) is 4.66. The van der Waals surface area contributed by atoms with Gasteiger partial charge in [0.2, 0.25) is 5.91 Å². The molecule has 0 aromatic carbocycles. The molecule has 7 nitrogen and oxygen atoms in total. The third-order valence-electron chi connectivity index (χ3n) is 4.26. The quantitative estimate of drug-likeness (QED) is 0.595. The molecule has 1 saturated heterocycles. The van der Waals surface area contributed by atoms with E-state index in [4.69, 9.17) is 0 Å². The fourth-order valence-corrected chi connectivity index (χ4v) is 2.75. The number of carbonyl (C=O) groups is 3. The van der Waals surface area contributed by atoms with Crippen LogP contribution in [0.4, 0.5) is 0 Å². The van der Waals surface area contributed by atoms with Crippen LogP contribution in [0.1, 0.15) is 23.2 Å². The SMILES string of the molecule is O=C(NCC(=O)N1CCN(C2CC2)CC1)C(=O)c1cccnc1. The van der Waals surface area contributed by atoms with Gasteiger partial charge in [-0.15, -0.1) is 0 Å². The second-order valence-corrected chi connectivity index (χ2v) is 5.90. The lowest BCUT2D eigenvalue weighted by Crippen LogP contribution is -2.52. The van der Waals surface area contributed by atoms with Crippen LogP contribution in [0.3, 0.4) is 0 Å². The summed E-state index contributed by atoms with van der Waals surface area (Å²) in [7, 11) is 0. The van der Waals surface area contributed by atoms with E-state index in [0.29, 0.717) is 19.1 Å². The molecule has 0 radical (unpaired) electrons. The number of aromatic nitrogens is 1. The van der Waals surface area contributed by atoms with Crippen molar-refractivity contribution in [3.63, 3.8) is 0 Å². The van der Waals surface area contributed by atoms with Crippen molar-refractivity contribution in [1.82, 2.24) is 20.1 Å². The zero-order valence-electron chi connectivity index (χ0n) is 12.9. The molecule has 0 unspecified atom stereocenters. The minimum Gasteiger partial charge on any atom is -0.340 e. The highest BCUT2D eigenvalue weighted by Crippen LogP contribution is 2.27. The lowest BCUT2D eigenvalue weighted by Gasteiger charge is -2.34. The number of piperazine rings is 1. The van der Waals surface area contributed by atoms with Gasteiger partial charge in [0.15, 0.2) is 0 Å². The molecule has 2 amide bonds. The second kappa shape index (κ2) is 6.87. The van der Waals surface area contributed by atoms with Gasteiger partial charge in [0.05, 0.1) is 6.54 Å². The summed E-state index contributed by atoms with van der Waals surface area (Å²) in [5, 5.41) is 2.40. The molecule has 1 aromatic rings. The van der Waals surface area contributed by atoms with Crippen LogP contribution in [-0.4, -0.2) is 71.1 Å². The van der Waals surface area contributed by atoms with Crippen molar-refractivity contribution in [2.45, 2.75) is 18.9 Å². The summed E-state index contributed by atoms with van der Waals surface area (Å²) in [6.07, 6.45) is 5.39. The van der Waals surface area contributed by atoms with Crippen LogP contribution < -0.4 is 5.32 Å². The Labute approximate surface area is 134 Å². The number of carbonyl (C=O) groups excluding carboxylic acids is 3. The normalized spacial score (nSPS) is 18.5. The van der Waals surface area contributed by atoms with Gasteiger partial charge in [-0.1, -0.05) is 0 Å². The average molecular weight is 316 g/mol. The van der Waals surface area contributed by atoms with Crippen LogP contribution in [0, 0.1) is 0 Å². The standard InChI is InChI=1S/C16H20N4O3/c21-14(20-8-6-19(7-9-20)13-3-4-13)11-18-16(23)15(22)12-2-1-5-17-10-12/h1-2,5,10,13H,3-4,6-9,11H2,(H,18,23). The first-order valence-corrected chi connectivity index (χ1v) is 7.89.